The number of ketones is 1. The van der Waals surface area contributed by atoms with E-state index in [4.69, 9.17) is 5.10 Å². The average Bonchev–Trinajstić information content (AvgIpc) is 3.15. The number of rotatable bonds is 2. The highest BCUT2D eigenvalue weighted by atomic mass is 16.1. The van der Waals surface area contributed by atoms with Crippen LogP contribution in [0.25, 0.3) is 10.8 Å². The Morgan fingerprint density at radius 3 is 2.33 bits per heavy atom. The second-order valence-corrected chi connectivity index (χ2v) is 6.44. The molecule has 0 saturated heterocycles. The molecule has 0 N–H and O–H groups in total. The third-order valence-corrected chi connectivity index (χ3v) is 5.09. The normalized spacial score (nSPS) is 21.0. The average molecular weight is 312 g/mol. The molecule has 1 heterocycles. The summed E-state index contributed by atoms with van der Waals surface area (Å²) in [6.45, 7) is 1.62. The number of hydrogen-bond acceptors (Lipinski definition) is 3. The summed E-state index contributed by atoms with van der Waals surface area (Å²) in [5.41, 5.74) is 4.17. The number of para-hydroxylation sites is 1. The molecule has 1 aliphatic carbocycles. The maximum atomic E-state index is 12.3. The van der Waals surface area contributed by atoms with Crippen molar-refractivity contribution in [3.05, 3.63) is 77.9 Å². The Labute approximate surface area is 140 Å². The molecule has 116 valence electrons. The third kappa shape index (κ3) is 1.67. The van der Waals surface area contributed by atoms with E-state index in [1.165, 1.54) is 21.9 Å². The fourth-order valence-electron chi connectivity index (χ4n) is 4.15. The lowest BCUT2D eigenvalue weighted by Gasteiger charge is -2.24. The van der Waals surface area contributed by atoms with Gasteiger partial charge in [0.1, 0.15) is 5.71 Å². The van der Waals surface area contributed by atoms with Gasteiger partial charge in [-0.15, -0.1) is 0 Å². The first kappa shape index (κ1) is 13.5. The van der Waals surface area contributed by atoms with Crippen molar-refractivity contribution in [1.29, 1.82) is 0 Å². The molecule has 3 aromatic rings. The van der Waals surface area contributed by atoms with Crippen LogP contribution in [-0.4, -0.2) is 11.5 Å². The summed E-state index contributed by atoms with van der Waals surface area (Å²) in [4.78, 5) is 12.3. The summed E-state index contributed by atoms with van der Waals surface area (Å²) in [5.74, 6) is 0.0667. The van der Waals surface area contributed by atoms with Gasteiger partial charge in [0.05, 0.1) is 17.6 Å². The molecule has 0 amide bonds. The van der Waals surface area contributed by atoms with Gasteiger partial charge in [0.25, 0.3) is 0 Å². The van der Waals surface area contributed by atoms with Crippen molar-refractivity contribution in [2.75, 3.05) is 5.01 Å². The minimum Gasteiger partial charge on any atom is -0.293 e. The van der Waals surface area contributed by atoms with E-state index in [1.807, 2.05) is 35.3 Å². The lowest BCUT2D eigenvalue weighted by Crippen LogP contribution is -2.22. The van der Waals surface area contributed by atoms with Crippen LogP contribution in [0.1, 0.15) is 30.0 Å². The summed E-state index contributed by atoms with van der Waals surface area (Å²) in [6, 6.07) is 22.9. The van der Waals surface area contributed by atoms with Crippen LogP contribution >= 0.6 is 0 Å². The van der Waals surface area contributed by atoms with Crippen molar-refractivity contribution >= 4 is 28.0 Å². The monoisotopic (exact) mass is 312 g/mol. The van der Waals surface area contributed by atoms with Crippen molar-refractivity contribution in [2.45, 2.75) is 18.9 Å². The summed E-state index contributed by atoms with van der Waals surface area (Å²) >= 11 is 0. The number of anilines is 1. The maximum Gasteiger partial charge on any atom is 0.176 e. The van der Waals surface area contributed by atoms with Crippen LogP contribution < -0.4 is 5.01 Å². The van der Waals surface area contributed by atoms with Crippen LogP contribution in [-0.2, 0) is 4.79 Å². The minimum atomic E-state index is 0.0174. The highest BCUT2D eigenvalue weighted by molar-refractivity contribution is 6.42. The van der Waals surface area contributed by atoms with Crippen LogP contribution in [0.2, 0.25) is 0 Å². The molecule has 5 rings (SSSR count). The fraction of sp³-hybridized carbons (Fsp3) is 0.143. The first-order valence-electron chi connectivity index (χ1n) is 8.21. The van der Waals surface area contributed by atoms with Crippen LogP contribution in [0.15, 0.2) is 71.8 Å². The Hall–Kier alpha value is -2.94. The highest BCUT2D eigenvalue weighted by Crippen LogP contribution is 2.53. The van der Waals surface area contributed by atoms with Crippen LogP contribution in [0.3, 0.4) is 0 Å². The standard InChI is InChI=1S/C21H16N2O/c1-13(24)20-19-16-11-5-7-14-8-6-12-17(18(14)16)21(19)23(22-20)15-9-3-2-4-10-15/h2-12,19,21H,1H3/t19-,21+/m1/s1. The van der Waals surface area contributed by atoms with Crippen molar-refractivity contribution in [3.8, 4) is 0 Å². The molecule has 0 aromatic heterocycles. The topological polar surface area (TPSA) is 32.7 Å². The number of hydrazone groups is 1. The van der Waals surface area contributed by atoms with Gasteiger partial charge in [-0.05, 0) is 34.0 Å². The molecule has 2 atom stereocenters. The predicted octanol–water partition coefficient (Wildman–Crippen LogP) is 4.44. The summed E-state index contributed by atoms with van der Waals surface area (Å²) in [7, 11) is 0. The predicted molar refractivity (Wildman–Crippen MR) is 96.5 cm³/mol. The summed E-state index contributed by atoms with van der Waals surface area (Å²) in [6.07, 6.45) is 0. The molecule has 2 aliphatic rings. The van der Waals surface area contributed by atoms with E-state index < -0.39 is 0 Å². The Bertz CT molecular complexity index is 1000. The molecule has 0 bridgehead atoms. The van der Waals surface area contributed by atoms with E-state index in [0.717, 1.165) is 5.69 Å². The quantitative estimate of drug-likeness (QED) is 0.700. The lowest BCUT2D eigenvalue weighted by molar-refractivity contribution is -0.111. The van der Waals surface area contributed by atoms with E-state index in [1.54, 1.807) is 6.92 Å². The SMILES string of the molecule is CC(=O)C1=NN(c2ccccc2)[C@H]2c3cccc4cccc(c34)[C@H]12. The molecule has 0 fully saturated rings. The van der Waals surface area contributed by atoms with E-state index in [2.05, 4.69) is 36.4 Å². The zero-order chi connectivity index (χ0) is 16.3. The van der Waals surface area contributed by atoms with Crippen molar-refractivity contribution in [2.24, 2.45) is 5.10 Å². The molecular weight excluding hydrogens is 296 g/mol. The first-order chi connectivity index (χ1) is 11.8. The number of nitrogens with zero attached hydrogens (tertiary/aromatic N) is 2. The van der Waals surface area contributed by atoms with Gasteiger partial charge in [-0.2, -0.15) is 5.10 Å². The second-order valence-electron chi connectivity index (χ2n) is 6.44. The number of carbonyl (C=O) groups is 1. The summed E-state index contributed by atoms with van der Waals surface area (Å²) < 4.78 is 0. The zero-order valence-corrected chi connectivity index (χ0v) is 13.3. The van der Waals surface area contributed by atoms with E-state index in [-0.39, 0.29) is 17.7 Å². The van der Waals surface area contributed by atoms with Gasteiger partial charge in [0.15, 0.2) is 5.78 Å². The van der Waals surface area contributed by atoms with Crippen molar-refractivity contribution in [3.63, 3.8) is 0 Å². The number of Topliss-reactive ketones (excluding diaryl/α,β-unsaturated/α-hetero) is 1. The third-order valence-electron chi connectivity index (χ3n) is 5.09. The largest absolute Gasteiger partial charge is 0.293 e. The number of carbonyl (C=O) groups excluding carboxylic acids is 1. The van der Waals surface area contributed by atoms with Crippen LogP contribution in [0.5, 0.6) is 0 Å². The van der Waals surface area contributed by atoms with Crippen molar-refractivity contribution < 1.29 is 4.79 Å². The molecular formula is C21H16N2O. The number of benzene rings is 3. The van der Waals surface area contributed by atoms with E-state index >= 15 is 0 Å². The van der Waals surface area contributed by atoms with Gasteiger partial charge >= 0.3 is 0 Å². The second kappa shape index (κ2) is 4.78. The summed E-state index contributed by atoms with van der Waals surface area (Å²) in [5, 5.41) is 9.27. The first-order valence-corrected chi connectivity index (χ1v) is 8.21. The molecule has 3 nitrogen and oxygen atoms in total. The molecule has 3 heteroatoms. The van der Waals surface area contributed by atoms with Crippen molar-refractivity contribution in [1.82, 2.24) is 0 Å². The molecule has 24 heavy (non-hydrogen) atoms. The molecule has 3 aromatic carbocycles. The van der Waals surface area contributed by atoms with Gasteiger partial charge in [-0.25, -0.2) is 0 Å². The Kier molecular flexibility index (Phi) is 2.69. The fourth-order valence-corrected chi connectivity index (χ4v) is 4.15. The molecule has 1 aliphatic heterocycles. The Balaban J connectivity index is 1.79. The highest BCUT2D eigenvalue weighted by Gasteiger charge is 2.47. The van der Waals surface area contributed by atoms with Gasteiger partial charge in [-0.3, -0.25) is 9.80 Å². The van der Waals surface area contributed by atoms with Crippen LogP contribution in [0, 0.1) is 0 Å². The Morgan fingerprint density at radius 2 is 1.62 bits per heavy atom. The van der Waals surface area contributed by atoms with E-state index in [9.17, 15) is 4.79 Å². The van der Waals surface area contributed by atoms with Gasteiger partial charge in [0.2, 0.25) is 0 Å². The zero-order valence-electron chi connectivity index (χ0n) is 13.3. The van der Waals surface area contributed by atoms with Gasteiger partial charge in [-0.1, -0.05) is 54.6 Å². The minimum absolute atomic E-state index is 0.0174. The van der Waals surface area contributed by atoms with Gasteiger partial charge < -0.3 is 0 Å². The molecule has 0 radical (unpaired) electrons. The van der Waals surface area contributed by atoms with Gasteiger partial charge in [0, 0.05) is 6.92 Å². The Morgan fingerprint density at radius 1 is 0.917 bits per heavy atom. The lowest BCUT2D eigenvalue weighted by atomic mass is 9.90. The molecule has 0 spiro atoms. The van der Waals surface area contributed by atoms with Crippen LogP contribution in [0.4, 0.5) is 5.69 Å². The van der Waals surface area contributed by atoms with E-state index in [0.29, 0.717) is 5.71 Å². The smallest absolute Gasteiger partial charge is 0.176 e. The maximum absolute atomic E-state index is 12.3. The number of fused-ring (bicyclic) bond motifs is 3. The molecule has 0 unspecified atom stereocenters. The molecule has 0 saturated carbocycles. The number of hydrogen-bond donors (Lipinski definition) is 0.